The Morgan fingerprint density at radius 3 is 2.51 bits per heavy atom. The van der Waals surface area contributed by atoms with Crippen molar-refractivity contribution in [3.05, 3.63) is 106 Å². The second kappa shape index (κ2) is 9.75. The second-order valence-corrected chi connectivity index (χ2v) is 9.80. The van der Waals surface area contributed by atoms with Gasteiger partial charge < -0.3 is 9.88 Å². The highest BCUT2D eigenvalue weighted by atomic mass is 19.1. The number of hydrogen-bond donors (Lipinski definition) is 1. The molecule has 5 aromatic rings. The Hall–Kier alpha value is -4.10. The number of fused-ring (bicyclic) bond motifs is 2. The predicted molar refractivity (Wildman–Crippen MR) is 143 cm³/mol. The van der Waals surface area contributed by atoms with Crippen molar-refractivity contribution in [1.29, 1.82) is 0 Å². The average Bonchev–Trinajstić information content (AvgIpc) is 3.59. The molecule has 186 valence electrons. The van der Waals surface area contributed by atoms with Crippen LogP contribution in [0.2, 0.25) is 0 Å². The number of hydrogen-bond acceptors (Lipinski definition) is 4. The fourth-order valence-corrected chi connectivity index (χ4v) is 5.27. The predicted octanol–water partition coefficient (Wildman–Crippen LogP) is 5.43. The van der Waals surface area contributed by atoms with Crippen molar-refractivity contribution in [3.63, 3.8) is 0 Å². The number of aromatic nitrogens is 3. The minimum absolute atomic E-state index is 0.0811. The van der Waals surface area contributed by atoms with Gasteiger partial charge in [-0.25, -0.2) is 8.91 Å². The first kappa shape index (κ1) is 23.3. The van der Waals surface area contributed by atoms with Gasteiger partial charge in [-0.2, -0.15) is 5.10 Å². The van der Waals surface area contributed by atoms with E-state index in [1.54, 1.807) is 24.4 Å². The number of ketones is 1. The van der Waals surface area contributed by atoms with Gasteiger partial charge in [0.1, 0.15) is 17.0 Å². The van der Waals surface area contributed by atoms with Crippen molar-refractivity contribution in [2.75, 3.05) is 19.6 Å². The maximum Gasteiger partial charge on any atom is 0.274 e. The summed E-state index contributed by atoms with van der Waals surface area (Å²) in [5, 5.41) is 6.68. The van der Waals surface area contributed by atoms with Crippen LogP contribution in [0, 0.1) is 5.82 Å². The molecule has 0 aliphatic carbocycles. The van der Waals surface area contributed by atoms with Gasteiger partial charge in [0.05, 0.1) is 11.9 Å². The number of nitrogens with one attached hydrogen (secondary N) is 1. The van der Waals surface area contributed by atoms with Gasteiger partial charge in [0.2, 0.25) is 0 Å². The van der Waals surface area contributed by atoms with Crippen molar-refractivity contribution in [2.45, 2.75) is 25.2 Å². The molecule has 0 saturated carbocycles. The largest absolute Gasteiger partial charge is 0.319 e. The molecular formula is C30H27FN4O2. The summed E-state index contributed by atoms with van der Waals surface area (Å²) in [6, 6.07) is 22.0. The van der Waals surface area contributed by atoms with Gasteiger partial charge >= 0.3 is 0 Å². The lowest BCUT2D eigenvalue weighted by atomic mass is 9.92. The number of carbonyl (C=O) groups is 1. The van der Waals surface area contributed by atoms with Gasteiger partial charge in [-0.05, 0) is 60.5 Å². The normalized spacial score (nSPS) is 14.9. The monoisotopic (exact) mass is 494 g/mol. The molecule has 1 unspecified atom stereocenters. The first-order valence-electron chi connectivity index (χ1n) is 12.7. The van der Waals surface area contributed by atoms with E-state index in [2.05, 4.69) is 15.0 Å². The first-order chi connectivity index (χ1) is 18.0. The fraction of sp³-hybridized carbons (Fsp3) is 0.233. The van der Waals surface area contributed by atoms with E-state index in [4.69, 9.17) is 0 Å². The molecule has 0 bridgehead atoms. The minimum Gasteiger partial charge on any atom is -0.319 e. The molecule has 3 aromatic carbocycles. The average molecular weight is 495 g/mol. The van der Waals surface area contributed by atoms with E-state index in [1.165, 1.54) is 16.6 Å². The van der Waals surface area contributed by atoms with E-state index in [0.29, 0.717) is 11.2 Å². The molecule has 3 heterocycles. The van der Waals surface area contributed by atoms with Crippen LogP contribution in [-0.2, 0) is 0 Å². The van der Waals surface area contributed by atoms with Crippen molar-refractivity contribution >= 4 is 22.1 Å². The smallest absolute Gasteiger partial charge is 0.274 e. The number of aromatic amines is 1. The molecule has 1 N–H and O–H groups in total. The molecule has 6 nitrogen and oxygen atoms in total. The van der Waals surface area contributed by atoms with Crippen LogP contribution in [0.5, 0.6) is 0 Å². The lowest BCUT2D eigenvalue weighted by Crippen LogP contribution is -2.27. The van der Waals surface area contributed by atoms with Crippen LogP contribution in [0.15, 0.2) is 83.8 Å². The quantitative estimate of drug-likeness (QED) is 0.306. The van der Waals surface area contributed by atoms with Crippen LogP contribution in [0.3, 0.4) is 0 Å². The Balaban J connectivity index is 1.30. The molecule has 1 aliphatic heterocycles. The lowest BCUT2D eigenvalue weighted by Gasteiger charge is -2.23. The van der Waals surface area contributed by atoms with Crippen molar-refractivity contribution in [2.24, 2.45) is 0 Å². The molecule has 2 aromatic heterocycles. The number of Topliss-reactive ketones (excluding diaryl/α,β-unsaturated/α-hetero) is 1. The Kier molecular flexibility index (Phi) is 6.14. The van der Waals surface area contributed by atoms with Crippen LogP contribution >= 0.6 is 0 Å². The molecule has 7 heteroatoms. The third kappa shape index (κ3) is 4.82. The van der Waals surface area contributed by atoms with Gasteiger partial charge in [0, 0.05) is 30.5 Å². The summed E-state index contributed by atoms with van der Waals surface area (Å²) in [6.45, 7) is 2.75. The Labute approximate surface area is 213 Å². The third-order valence-corrected chi connectivity index (χ3v) is 7.26. The number of likely N-dealkylation sites (tertiary alicyclic amines) is 1. The van der Waals surface area contributed by atoms with Gasteiger partial charge in [0.15, 0.2) is 5.78 Å². The van der Waals surface area contributed by atoms with Crippen molar-refractivity contribution < 1.29 is 9.18 Å². The number of H-pyrrole nitrogens is 1. The van der Waals surface area contributed by atoms with Crippen LogP contribution in [0.25, 0.3) is 27.5 Å². The summed E-state index contributed by atoms with van der Waals surface area (Å²) in [4.78, 5) is 31.6. The summed E-state index contributed by atoms with van der Waals surface area (Å²) >= 11 is 0. The van der Waals surface area contributed by atoms with Gasteiger partial charge in [0.25, 0.3) is 5.56 Å². The highest BCUT2D eigenvalue weighted by molar-refractivity contribution is 5.96. The van der Waals surface area contributed by atoms with Gasteiger partial charge in [-0.3, -0.25) is 9.59 Å². The molecule has 1 saturated heterocycles. The summed E-state index contributed by atoms with van der Waals surface area (Å²) in [5.74, 6) is -0.511. The van der Waals surface area contributed by atoms with E-state index >= 15 is 0 Å². The third-order valence-electron chi connectivity index (χ3n) is 7.26. The first-order valence-corrected chi connectivity index (χ1v) is 12.7. The summed E-state index contributed by atoms with van der Waals surface area (Å²) < 4.78 is 15.0. The molecular weight excluding hydrogens is 467 g/mol. The van der Waals surface area contributed by atoms with Crippen molar-refractivity contribution in [3.8, 4) is 11.3 Å². The molecule has 1 aliphatic rings. The van der Waals surface area contributed by atoms with Crippen LogP contribution in [-0.4, -0.2) is 44.9 Å². The molecule has 37 heavy (non-hydrogen) atoms. The zero-order valence-electron chi connectivity index (χ0n) is 20.4. The van der Waals surface area contributed by atoms with Crippen LogP contribution in [0.4, 0.5) is 4.39 Å². The Morgan fingerprint density at radius 1 is 0.973 bits per heavy atom. The number of benzene rings is 3. The molecule has 1 atom stereocenters. The fourth-order valence-electron chi connectivity index (χ4n) is 5.27. The van der Waals surface area contributed by atoms with E-state index in [0.717, 1.165) is 54.4 Å². The second-order valence-electron chi connectivity index (χ2n) is 9.80. The highest BCUT2D eigenvalue weighted by Gasteiger charge is 2.24. The lowest BCUT2D eigenvalue weighted by molar-refractivity contribution is 0.0962. The van der Waals surface area contributed by atoms with Crippen molar-refractivity contribution in [1.82, 2.24) is 19.5 Å². The summed E-state index contributed by atoms with van der Waals surface area (Å²) in [5.41, 5.74) is 2.71. The summed E-state index contributed by atoms with van der Waals surface area (Å²) in [6.07, 6.45) is 4.29. The zero-order valence-corrected chi connectivity index (χ0v) is 20.4. The SMILES string of the molecule is O=C(CC(CN1CCCC1)c1ccc(F)cc1)c1cc2c(=O)[nH]c(-c3ccc4ccccc4c3)cn2n1. The maximum absolute atomic E-state index is 13.5. The van der Waals surface area contributed by atoms with Crippen LogP contribution < -0.4 is 5.56 Å². The number of rotatable bonds is 7. The van der Waals surface area contributed by atoms with E-state index in [-0.39, 0.29) is 35.2 Å². The van der Waals surface area contributed by atoms with Gasteiger partial charge in [-0.15, -0.1) is 0 Å². The van der Waals surface area contributed by atoms with E-state index < -0.39 is 0 Å². The summed E-state index contributed by atoms with van der Waals surface area (Å²) in [7, 11) is 0. The van der Waals surface area contributed by atoms with Crippen LogP contribution in [0.1, 0.15) is 41.2 Å². The standard InChI is InChI=1S/C30H27FN4O2/c31-25-11-9-21(10-12-25)24(18-34-13-3-4-14-34)16-29(36)26-17-28-30(37)32-27(19-35(28)33-26)23-8-7-20-5-1-2-6-22(20)15-23/h1-2,5-12,15,17,19,24H,3-4,13-14,16,18H2,(H,32,37). The maximum atomic E-state index is 13.5. The van der Waals surface area contributed by atoms with Gasteiger partial charge in [-0.1, -0.05) is 48.5 Å². The number of carbonyl (C=O) groups excluding carboxylic acids is 1. The minimum atomic E-state index is -0.302. The Morgan fingerprint density at radius 2 is 1.73 bits per heavy atom. The molecule has 1 fully saturated rings. The molecule has 0 spiro atoms. The molecule has 0 radical (unpaired) electrons. The zero-order chi connectivity index (χ0) is 25.4. The molecule has 0 amide bonds. The topological polar surface area (TPSA) is 70.5 Å². The number of halogens is 1. The number of nitrogens with zero attached hydrogens (tertiary/aromatic N) is 3. The van der Waals surface area contributed by atoms with E-state index in [9.17, 15) is 14.0 Å². The van der Waals surface area contributed by atoms with E-state index in [1.807, 2.05) is 42.5 Å². The Bertz CT molecular complexity index is 1650. The molecule has 6 rings (SSSR count). The highest BCUT2D eigenvalue weighted by Crippen LogP contribution is 2.26.